The van der Waals surface area contributed by atoms with Gasteiger partial charge in [0.15, 0.2) is 0 Å². The largest absolute Gasteiger partial charge is 0.478 e. The van der Waals surface area contributed by atoms with Crippen LogP contribution in [-0.2, 0) is 4.79 Å². The van der Waals surface area contributed by atoms with Gasteiger partial charge in [0.25, 0.3) is 5.91 Å². The molecule has 0 saturated heterocycles. The Morgan fingerprint density at radius 3 is 2.75 bits per heavy atom. The number of nitrogens with one attached hydrogen (secondary N) is 1. The molecule has 2 aromatic carbocycles. The van der Waals surface area contributed by atoms with Gasteiger partial charge in [-0.2, -0.15) is 0 Å². The van der Waals surface area contributed by atoms with Gasteiger partial charge in [0.05, 0.1) is 11.3 Å². The van der Waals surface area contributed by atoms with Crippen LogP contribution >= 0.6 is 0 Å². The molecule has 0 radical (unpaired) electrons. The number of rotatable bonds is 2. The van der Waals surface area contributed by atoms with E-state index >= 15 is 0 Å². The van der Waals surface area contributed by atoms with Crippen molar-refractivity contribution >= 4 is 17.6 Å². The molecule has 0 aliphatic carbocycles. The fourth-order valence-electron chi connectivity index (χ4n) is 2.11. The molecule has 20 heavy (non-hydrogen) atoms. The average Bonchev–Trinajstić information content (AvgIpc) is 2.46. The molecule has 0 aromatic heterocycles. The first-order chi connectivity index (χ1) is 9.65. The molecule has 0 bridgehead atoms. The Morgan fingerprint density at radius 2 is 1.95 bits per heavy atom. The molecule has 0 saturated carbocycles. The number of anilines is 1. The molecule has 1 amide bonds. The van der Waals surface area contributed by atoms with Gasteiger partial charge >= 0.3 is 5.97 Å². The van der Waals surface area contributed by atoms with Gasteiger partial charge in [0.2, 0.25) is 6.10 Å². The summed E-state index contributed by atoms with van der Waals surface area (Å²) in [6, 6.07) is 13.3. The lowest BCUT2D eigenvalue weighted by molar-refractivity contribution is -0.123. The summed E-state index contributed by atoms with van der Waals surface area (Å²) in [5.41, 5.74) is 1.25. The zero-order chi connectivity index (χ0) is 14.1. The second kappa shape index (κ2) is 4.70. The molecule has 3 rings (SSSR count). The van der Waals surface area contributed by atoms with Crippen molar-refractivity contribution < 1.29 is 19.4 Å². The molecule has 1 unspecified atom stereocenters. The fraction of sp³-hybridized carbons (Fsp3) is 0.0667. The standard InChI is InChI=1S/C15H11NO4/c17-14-13(9-4-3-5-10(8-9)15(18)19)20-12-7-2-1-6-11(12)16-14/h1-8,13H,(H,16,17)(H,18,19). The first kappa shape index (κ1) is 12.2. The summed E-state index contributed by atoms with van der Waals surface area (Å²) >= 11 is 0. The number of carboxylic acids is 1. The van der Waals surface area contributed by atoms with Crippen molar-refractivity contribution in [3.63, 3.8) is 0 Å². The summed E-state index contributed by atoms with van der Waals surface area (Å²) in [6.07, 6.45) is -0.843. The number of amides is 1. The van der Waals surface area contributed by atoms with Crippen molar-refractivity contribution in [2.45, 2.75) is 6.10 Å². The first-order valence-corrected chi connectivity index (χ1v) is 6.05. The molecule has 100 valence electrons. The van der Waals surface area contributed by atoms with Gasteiger partial charge in [0, 0.05) is 5.56 Å². The third kappa shape index (κ3) is 2.09. The van der Waals surface area contributed by atoms with Gasteiger partial charge in [0.1, 0.15) is 5.75 Å². The number of carbonyl (C=O) groups is 2. The van der Waals surface area contributed by atoms with E-state index in [1.54, 1.807) is 36.4 Å². The van der Waals surface area contributed by atoms with Crippen LogP contribution in [0.2, 0.25) is 0 Å². The number of hydrogen-bond acceptors (Lipinski definition) is 3. The van der Waals surface area contributed by atoms with Crippen molar-refractivity contribution in [3.05, 3.63) is 59.7 Å². The number of para-hydroxylation sites is 2. The summed E-state index contributed by atoms with van der Waals surface area (Å²) < 4.78 is 5.66. The van der Waals surface area contributed by atoms with Gasteiger partial charge in [-0.1, -0.05) is 24.3 Å². The van der Waals surface area contributed by atoms with Gasteiger partial charge in [-0.05, 0) is 24.3 Å². The lowest BCUT2D eigenvalue weighted by Crippen LogP contribution is -2.30. The van der Waals surface area contributed by atoms with Crippen LogP contribution in [0.4, 0.5) is 5.69 Å². The Balaban J connectivity index is 1.97. The topological polar surface area (TPSA) is 75.6 Å². The van der Waals surface area contributed by atoms with Crippen molar-refractivity contribution in [3.8, 4) is 5.75 Å². The fourth-order valence-corrected chi connectivity index (χ4v) is 2.11. The predicted molar refractivity (Wildman–Crippen MR) is 71.8 cm³/mol. The minimum atomic E-state index is -1.04. The minimum absolute atomic E-state index is 0.123. The van der Waals surface area contributed by atoms with Crippen LogP contribution in [0, 0.1) is 0 Å². The van der Waals surface area contributed by atoms with Crippen molar-refractivity contribution in [1.82, 2.24) is 0 Å². The minimum Gasteiger partial charge on any atom is -0.478 e. The molecule has 0 spiro atoms. The van der Waals surface area contributed by atoms with Crippen LogP contribution in [0.3, 0.4) is 0 Å². The van der Waals surface area contributed by atoms with Crippen molar-refractivity contribution in [2.24, 2.45) is 0 Å². The molecule has 1 heterocycles. The SMILES string of the molecule is O=C(O)c1cccc(C2Oc3ccccc3NC2=O)c1. The van der Waals surface area contributed by atoms with E-state index in [0.29, 0.717) is 17.0 Å². The lowest BCUT2D eigenvalue weighted by atomic mass is 10.0. The molecule has 5 heteroatoms. The molecule has 1 atom stereocenters. The highest BCUT2D eigenvalue weighted by atomic mass is 16.5. The Bertz CT molecular complexity index is 696. The zero-order valence-corrected chi connectivity index (χ0v) is 10.4. The highest BCUT2D eigenvalue weighted by Crippen LogP contribution is 2.34. The first-order valence-electron chi connectivity index (χ1n) is 6.05. The molecule has 0 fully saturated rings. The second-order valence-corrected chi connectivity index (χ2v) is 4.41. The number of fused-ring (bicyclic) bond motifs is 1. The summed E-state index contributed by atoms with van der Waals surface area (Å²) in [4.78, 5) is 23.0. The molecule has 2 N–H and O–H groups in total. The predicted octanol–water partition coefficient (Wildman–Crippen LogP) is 2.46. The van der Waals surface area contributed by atoms with Crippen LogP contribution in [0.5, 0.6) is 5.75 Å². The molecular formula is C15H11NO4. The maximum atomic E-state index is 12.1. The number of aromatic carboxylic acids is 1. The van der Waals surface area contributed by atoms with E-state index in [1.165, 1.54) is 12.1 Å². The van der Waals surface area contributed by atoms with Crippen LogP contribution in [0.1, 0.15) is 22.0 Å². The Kier molecular flexibility index (Phi) is 2.87. The van der Waals surface area contributed by atoms with Crippen LogP contribution < -0.4 is 10.1 Å². The van der Waals surface area contributed by atoms with E-state index in [2.05, 4.69) is 5.32 Å². The number of carboxylic acid groups (broad SMARTS) is 1. The molecular weight excluding hydrogens is 258 g/mol. The quantitative estimate of drug-likeness (QED) is 0.878. The smallest absolute Gasteiger partial charge is 0.335 e. The van der Waals surface area contributed by atoms with E-state index in [0.717, 1.165) is 0 Å². The van der Waals surface area contributed by atoms with Crippen LogP contribution in [-0.4, -0.2) is 17.0 Å². The van der Waals surface area contributed by atoms with Gasteiger partial charge in [-0.15, -0.1) is 0 Å². The van der Waals surface area contributed by atoms with E-state index in [1.807, 2.05) is 0 Å². The van der Waals surface area contributed by atoms with E-state index < -0.39 is 12.1 Å². The molecule has 5 nitrogen and oxygen atoms in total. The molecule has 2 aromatic rings. The third-order valence-corrected chi connectivity index (χ3v) is 3.06. The summed E-state index contributed by atoms with van der Waals surface area (Å²) in [5, 5.41) is 11.7. The van der Waals surface area contributed by atoms with Gasteiger partial charge < -0.3 is 15.2 Å². The van der Waals surface area contributed by atoms with Gasteiger partial charge in [-0.25, -0.2) is 4.79 Å². The normalized spacial score (nSPS) is 16.8. The summed E-state index contributed by atoms with van der Waals surface area (Å²) in [6.45, 7) is 0. The zero-order valence-electron chi connectivity index (χ0n) is 10.4. The van der Waals surface area contributed by atoms with E-state index in [-0.39, 0.29) is 11.5 Å². The van der Waals surface area contributed by atoms with Crippen molar-refractivity contribution in [1.29, 1.82) is 0 Å². The highest BCUT2D eigenvalue weighted by Gasteiger charge is 2.29. The number of benzene rings is 2. The maximum absolute atomic E-state index is 12.1. The van der Waals surface area contributed by atoms with E-state index in [9.17, 15) is 9.59 Å². The number of carbonyl (C=O) groups excluding carboxylic acids is 1. The molecule has 1 aliphatic heterocycles. The van der Waals surface area contributed by atoms with Gasteiger partial charge in [-0.3, -0.25) is 4.79 Å². The summed E-state index contributed by atoms with van der Waals surface area (Å²) in [7, 11) is 0. The average molecular weight is 269 g/mol. The lowest BCUT2D eigenvalue weighted by Gasteiger charge is -2.26. The Hall–Kier alpha value is -2.82. The maximum Gasteiger partial charge on any atom is 0.335 e. The highest BCUT2D eigenvalue weighted by molar-refractivity contribution is 5.98. The second-order valence-electron chi connectivity index (χ2n) is 4.41. The third-order valence-electron chi connectivity index (χ3n) is 3.06. The Labute approximate surface area is 114 Å². The Morgan fingerprint density at radius 1 is 1.15 bits per heavy atom. The molecule has 1 aliphatic rings. The monoisotopic (exact) mass is 269 g/mol. The van der Waals surface area contributed by atoms with E-state index in [4.69, 9.17) is 9.84 Å². The van der Waals surface area contributed by atoms with Crippen LogP contribution in [0.15, 0.2) is 48.5 Å². The number of hydrogen-bond donors (Lipinski definition) is 2. The van der Waals surface area contributed by atoms with Crippen LogP contribution in [0.25, 0.3) is 0 Å². The number of ether oxygens (including phenoxy) is 1. The van der Waals surface area contributed by atoms with Crippen molar-refractivity contribution in [2.75, 3.05) is 5.32 Å². The summed E-state index contributed by atoms with van der Waals surface area (Å²) in [5.74, 6) is -0.785.